The van der Waals surface area contributed by atoms with Gasteiger partial charge >= 0.3 is 0 Å². The van der Waals surface area contributed by atoms with Gasteiger partial charge in [-0.15, -0.1) is 0 Å². The molecule has 0 unspecified atom stereocenters. The lowest BCUT2D eigenvalue weighted by Gasteiger charge is -2.28. The molecule has 0 amide bonds. The highest BCUT2D eigenvalue weighted by Gasteiger charge is 2.39. The maximum absolute atomic E-state index is 12.6. The smallest absolute Gasteiger partial charge is 0.269 e. The van der Waals surface area contributed by atoms with Crippen molar-refractivity contribution in [3.8, 4) is 0 Å². The molecule has 2 rings (SSSR count). The van der Waals surface area contributed by atoms with Crippen LogP contribution in [0.5, 0.6) is 0 Å². The molecule has 1 aliphatic rings. The second-order valence-corrected chi connectivity index (χ2v) is 8.19. The molecule has 122 valence electrons. The molecule has 0 radical (unpaired) electrons. The minimum Gasteiger partial charge on any atom is -0.389 e. The van der Waals surface area contributed by atoms with Crippen LogP contribution < -0.4 is 0 Å². The number of rotatable bonds is 7. The number of nitrogens with zero attached hydrogens (tertiary/aromatic N) is 2. The minimum atomic E-state index is -3.57. The molecule has 1 aromatic rings. The van der Waals surface area contributed by atoms with Gasteiger partial charge in [0.2, 0.25) is 10.0 Å². The van der Waals surface area contributed by atoms with Crippen molar-refractivity contribution in [2.75, 3.05) is 6.54 Å². The van der Waals surface area contributed by atoms with Gasteiger partial charge in [-0.05, 0) is 32.3 Å². The average Bonchev–Trinajstić information content (AvgIpc) is 3.19. The Morgan fingerprint density at radius 2 is 1.86 bits per heavy atom. The van der Waals surface area contributed by atoms with Gasteiger partial charge < -0.3 is 5.11 Å². The Kier molecular flexibility index (Phi) is 4.55. The summed E-state index contributed by atoms with van der Waals surface area (Å²) in [6.45, 7) is 3.19. The normalized spacial score (nSPS) is 16.0. The maximum Gasteiger partial charge on any atom is 0.269 e. The zero-order chi connectivity index (χ0) is 16.5. The molecule has 0 aliphatic heterocycles. The molecule has 0 heterocycles. The van der Waals surface area contributed by atoms with Crippen molar-refractivity contribution in [3.63, 3.8) is 0 Å². The number of aliphatic hydroxyl groups is 1. The summed E-state index contributed by atoms with van der Waals surface area (Å²) >= 11 is 0. The van der Waals surface area contributed by atoms with E-state index in [1.54, 1.807) is 13.8 Å². The third-order valence-electron chi connectivity index (χ3n) is 3.35. The first-order valence-electron chi connectivity index (χ1n) is 7.04. The maximum atomic E-state index is 12.6. The van der Waals surface area contributed by atoms with Gasteiger partial charge in [-0.2, -0.15) is 4.31 Å². The second-order valence-electron chi connectivity index (χ2n) is 6.27. The van der Waals surface area contributed by atoms with E-state index in [0.29, 0.717) is 5.56 Å². The largest absolute Gasteiger partial charge is 0.389 e. The summed E-state index contributed by atoms with van der Waals surface area (Å²) in [5.41, 5.74) is -0.686. The van der Waals surface area contributed by atoms with Crippen LogP contribution in [0, 0.1) is 10.1 Å². The fraction of sp³-hybridized carbons (Fsp3) is 0.571. The third-order valence-corrected chi connectivity index (χ3v) is 5.19. The number of sulfonamides is 1. The van der Waals surface area contributed by atoms with E-state index < -0.39 is 20.5 Å². The zero-order valence-corrected chi connectivity index (χ0v) is 13.4. The van der Waals surface area contributed by atoms with E-state index in [0.717, 1.165) is 12.8 Å². The summed E-state index contributed by atoms with van der Waals surface area (Å²) < 4.78 is 26.5. The number of benzene rings is 1. The van der Waals surface area contributed by atoms with E-state index in [4.69, 9.17) is 0 Å². The monoisotopic (exact) mass is 328 g/mol. The fourth-order valence-electron chi connectivity index (χ4n) is 2.21. The van der Waals surface area contributed by atoms with Crippen LogP contribution in [0.2, 0.25) is 0 Å². The van der Waals surface area contributed by atoms with Crippen molar-refractivity contribution in [2.45, 2.75) is 44.1 Å². The van der Waals surface area contributed by atoms with Crippen LogP contribution in [0.25, 0.3) is 0 Å². The highest BCUT2D eigenvalue weighted by atomic mass is 32.2. The van der Waals surface area contributed by atoms with Crippen molar-refractivity contribution in [3.05, 3.63) is 39.9 Å². The number of nitro groups is 1. The standard InChI is InChI=1S/C14H20N2O5S/c1-14(2,17)10-15(12-7-8-12)22(20,21)9-11-3-5-13(6-4-11)16(18)19/h3-6,12,17H,7-10H2,1-2H3. The lowest BCUT2D eigenvalue weighted by atomic mass is 10.1. The first-order valence-corrected chi connectivity index (χ1v) is 8.65. The van der Waals surface area contributed by atoms with Gasteiger partial charge in [0.05, 0.1) is 16.3 Å². The second kappa shape index (κ2) is 5.94. The number of non-ortho nitro benzene ring substituents is 1. The van der Waals surface area contributed by atoms with Crippen molar-refractivity contribution < 1.29 is 18.4 Å². The van der Waals surface area contributed by atoms with Crippen LogP contribution in [-0.2, 0) is 15.8 Å². The number of hydrogen-bond acceptors (Lipinski definition) is 5. The Labute approximate surface area is 129 Å². The summed E-state index contributed by atoms with van der Waals surface area (Å²) in [5, 5.41) is 20.5. The first kappa shape index (κ1) is 16.9. The van der Waals surface area contributed by atoms with E-state index in [1.165, 1.54) is 28.6 Å². The molecule has 0 atom stereocenters. The highest BCUT2D eigenvalue weighted by Crippen LogP contribution is 2.32. The van der Waals surface area contributed by atoms with E-state index >= 15 is 0 Å². The molecule has 0 aromatic heterocycles. The Bertz CT molecular complexity index is 645. The molecule has 22 heavy (non-hydrogen) atoms. The quantitative estimate of drug-likeness (QED) is 0.606. The topological polar surface area (TPSA) is 101 Å². The van der Waals surface area contributed by atoms with E-state index in [-0.39, 0.29) is 24.0 Å². The van der Waals surface area contributed by atoms with Gasteiger partial charge in [-0.1, -0.05) is 12.1 Å². The van der Waals surface area contributed by atoms with Crippen molar-refractivity contribution in [1.29, 1.82) is 0 Å². The van der Waals surface area contributed by atoms with Gasteiger partial charge in [0, 0.05) is 24.7 Å². The summed E-state index contributed by atoms with van der Waals surface area (Å²) in [6, 6.07) is 5.44. The highest BCUT2D eigenvalue weighted by molar-refractivity contribution is 7.88. The summed E-state index contributed by atoms with van der Waals surface area (Å²) in [5.74, 6) is -0.225. The lowest BCUT2D eigenvalue weighted by molar-refractivity contribution is -0.384. The molecule has 1 aromatic carbocycles. The number of hydrogen-bond donors (Lipinski definition) is 1. The van der Waals surface area contributed by atoms with Crippen LogP contribution in [-0.4, -0.2) is 40.9 Å². The molecular weight excluding hydrogens is 308 g/mol. The van der Waals surface area contributed by atoms with Crippen LogP contribution in [0.4, 0.5) is 5.69 Å². The van der Waals surface area contributed by atoms with Gasteiger partial charge in [0.15, 0.2) is 0 Å². The predicted molar refractivity (Wildman–Crippen MR) is 81.7 cm³/mol. The van der Waals surface area contributed by atoms with E-state index in [9.17, 15) is 23.6 Å². The number of nitro benzene ring substituents is 1. The summed E-state index contributed by atoms with van der Waals surface area (Å²) in [4.78, 5) is 10.1. The molecule has 1 saturated carbocycles. The van der Waals surface area contributed by atoms with Gasteiger partial charge in [-0.25, -0.2) is 8.42 Å². The van der Waals surface area contributed by atoms with Crippen LogP contribution in [0.15, 0.2) is 24.3 Å². The molecular formula is C14H20N2O5S. The first-order chi connectivity index (χ1) is 10.1. The van der Waals surface area contributed by atoms with Crippen molar-refractivity contribution >= 4 is 15.7 Å². The Balaban J connectivity index is 2.16. The Hall–Kier alpha value is -1.51. The third kappa shape index (κ3) is 4.49. The van der Waals surface area contributed by atoms with Gasteiger partial charge in [0.25, 0.3) is 5.69 Å². The predicted octanol–water partition coefficient (Wildman–Crippen LogP) is 1.66. The Morgan fingerprint density at radius 1 is 1.32 bits per heavy atom. The summed E-state index contributed by atoms with van der Waals surface area (Å²) in [7, 11) is -3.57. The van der Waals surface area contributed by atoms with Crippen LogP contribution >= 0.6 is 0 Å². The SMILES string of the molecule is CC(C)(O)CN(C1CC1)S(=O)(=O)Cc1ccc([N+](=O)[O-])cc1. The summed E-state index contributed by atoms with van der Waals surface area (Å²) in [6.07, 6.45) is 1.60. The van der Waals surface area contributed by atoms with Crippen molar-refractivity contribution in [2.24, 2.45) is 0 Å². The van der Waals surface area contributed by atoms with E-state index in [2.05, 4.69) is 0 Å². The minimum absolute atomic E-state index is 0.0468. The Morgan fingerprint density at radius 3 is 2.27 bits per heavy atom. The molecule has 1 fully saturated rings. The van der Waals surface area contributed by atoms with Gasteiger partial charge in [-0.3, -0.25) is 10.1 Å². The zero-order valence-electron chi connectivity index (χ0n) is 12.6. The molecule has 1 N–H and O–H groups in total. The molecule has 8 heteroatoms. The molecule has 7 nitrogen and oxygen atoms in total. The van der Waals surface area contributed by atoms with E-state index in [1.807, 2.05) is 0 Å². The fourth-order valence-corrected chi connectivity index (χ4v) is 4.16. The van der Waals surface area contributed by atoms with Crippen LogP contribution in [0.3, 0.4) is 0 Å². The average molecular weight is 328 g/mol. The lowest BCUT2D eigenvalue weighted by Crippen LogP contribution is -2.43. The molecule has 0 saturated heterocycles. The van der Waals surface area contributed by atoms with Crippen molar-refractivity contribution in [1.82, 2.24) is 4.31 Å². The van der Waals surface area contributed by atoms with Crippen LogP contribution in [0.1, 0.15) is 32.3 Å². The molecule has 0 bridgehead atoms. The van der Waals surface area contributed by atoms with Gasteiger partial charge in [0.1, 0.15) is 0 Å². The molecule has 1 aliphatic carbocycles. The molecule has 0 spiro atoms.